The van der Waals surface area contributed by atoms with Crippen LogP contribution in [0.15, 0.2) is 0 Å². The summed E-state index contributed by atoms with van der Waals surface area (Å²) in [7, 11) is 0. The Hall–Kier alpha value is -0.120. The van der Waals surface area contributed by atoms with Crippen LogP contribution >= 0.6 is 0 Å². The van der Waals surface area contributed by atoms with Crippen molar-refractivity contribution in [2.75, 3.05) is 32.7 Å². The monoisotopic (exact) mass is 225 g/mol. The molecule has 2 fully saturated rings. The van der Waals surface area contributed by atoms with E-state index in [9.17, 15) is 0 Å². The number of hydrogen-bond donors (Lipinski definition) is 2. The Kier molecular flexibility index (Phi) is 4.62. The molecule has 0 aromatic heterocycles. The third-order valence-electron chi connectivity index (χ3n) is 4.50. The molecule has 0 spiro atoms. The number of rotatable bonds is 6. The number of likely N-dealkylation sites (tertiary alicyclic amines) is 1. The summed E-state index contributed by atoms with van der Waals surface area (Å²) in [4.78, 5) is 2.55. The van der Waals surface area contributed by atoms with Gasteiger partial charge in [-0.1, -0.05) is 13.3 Å². The molecule has 16 heavy (non-hydrogen) atoms. The van der Waals surface area contributed by atoms with Crippen molar-refractivity contribution >= 4 is 0 Å². The fourth-order valence-corrected chi connectivity index (χ4v) is 2.91. The summed E-state index contributed by atoms with van der Waals surface area (Å²) in [6.07, 6.45) is 5.52. The first-order valence-corrected chi connectivity index (χ1v) is 6.99. The fraction of sp³-hybridized carbons (Fsp3) is 1.00. The van der Waals surface area contributed by atoms with Crippen LogP contribution in [0.4, 0.5) is 0 Å². The second-order valence-corrected chi connectivity index (χ2v) is 5.47. The molecule has 0 aromatic carbocycles. The summed E-state index contributed by atoms with van der Waals surface area (Å²) in [5.74, 6) is 1.52. The van der Waals surface area contributed by atoms with Crippen molar-refractivity contribution in [3.8, 4) is 0 Å². The van der Waals surface area contributed by atoms with E-state index in [1.165, 1.54) is 45.3 Å². The Labute approximate surface area is 99.8 Å². The second kappa shape index (κ2) is 5.99. The lowest BCUT2D eigenvalue weighted by molar-refractivity contribution is 0.262. The maximum Gasteiger partial charge on any atom is 0.00672 e. The van der Waals surface area contributed by atoms with Gasteiger partial charge in [0, 0.05) is 12.6 Å². The SMILES string of the molecule is CCN1CCC(C(CN)CNC2CCC2)C1. The summed E-state index contributed by atoms with van der Waals surface area (Å²) in [5.41, 5.74) is 5.93. The predicted octanol–water partition coefficient (Wildman–Crippen LogP) is 1.05. The Bertz CT molecular complexity index is 203. The van der Waals surface area contributed by atoms with Gasteiger partial charge in [-0.25, -0.2) is 0 Å². The lowest BCUT2D eigenvalue weighted by Crippen LogP contribution is -2.42. The van der Waals surface area contributed by atoms with Crippen molar-refractivity contribution in [2.45, 2.75) is 38.6 Å². The van der Waals surface area contributed by atoms with Crippen LogP contribution in [0.1, 0.15) is 32.6 Å². The number of nitrogens with two attached hydrogens (primary N) is 1. The summed E-state index contributed by atoms with van der Waals surface area (Å²) >= 11 is 0. The molecule has 94 valence electrons. The van der Waals surface area contributed by atoms with Crippen molar-refractivity contribution in [2.24, 2.45) is 17.6 Å². The third-order valence-corrected chi connectivity index (χ3v) is 4.50. The molecule has 2 aliphatic rings. The molecule has 2 unspecified atom stereocenters. The van der Waals surface area contributed by atoms with E-state index in [1.807, 2.05) is 0 Å². The van der Waals surface area contributed by atoms with Crippen LogP contribution in [0.5, 0.6) is 0 Å². The van der Waals surface area contributed by atoms with E-state index in [0.717, 1.165) is 25.0 Å². The van der Waals surface area contributed by atoms with Crippen LogP contribution < -0.4 is 11.1 Å². The maximum absolute atomic E-state index is 5.93. The summed E-state index contributed by atoms with van der Waals surface area (Å²) < 4.78 is 0. The van der Waals surface area contributed by atoms with E-state index >= 15 is 0 Å². The topological polar surface area (TPSA) is 41.3 Å². The Balaban J connectivity index is 1.71. The quantitative estimate of drug-likeness (QED) is 0.710. The van der Waals surface area contributed by atoms with Crippen LogP contribution in [-0.4, -0.2) is 43.7 Å². The summed E-state index contributed by atoms with van der Waals surface area (Å²) in [6, 6.07) is 0.803. The van der Waals surface area contributed by atoms with Gasteiger partial charge < -0.3 is 16.0 Å². The van der Waals surface area contributed by atoms with Crippen LogP contribution in [0.2, 0.25) is 0 Å². The number of hydrogen-bond acceptors (Lipinski definition) is 3. The molecular formula is C13H27N3. The molecule has 3 heteroatoms. The predicted molar refractivity (Wildman–Crippen MR) is 68.4 cm³/mol. The number of nitrogens with one attached hydrogen (secondary N) is 1. The first kappa shape index (κ1) is 12.3. The van der Waals surface area contributed by atoms with Gasteiger partial charge in [-0.3, -0.25) is 0 Å². The zero-order chi connectivity index (χ0) is 11.4. The van der Waals surface area contributed by atoms with E-state index in [0.29, 0.717) is 5.92 Å². The van der Waals surface area contributed by atoms with Gasteiger partial charge in [0.25, 0.3) is 0 Å². The van der Waals surface area contributed by atoms with Crippen molar-refractivity contribution in [1.82, 2.24) is 10.2 Å². The van der Waals surface area contributed by atoms with Crippen LogP contribution in [0.25, 0.3) is 0 Å². The standard InChI is InChI=1S/C13H27N3/c1-2-16-7-6-11(10-16)12(8-14)9-15-13-4-3-5-13/h11-13,15H,2-10,14H2,1H3. The highest BCUT2D eigenvalue weighted by Crippen LogP contribution is 2.24. The van der Waals surface area contributed by atoms with E-state index in [-0.39, 0.29) is 0 Å². The molecular weight excluding hydrogens is 198 g/mol. The van der Waals surface area contributed by atoms with Gasteiger partial charge in [-0.15, -0.1) is 0 Å². The lowest BCUT2D eigenvalue weighted by Gasteiger charge is -2.30. The van der Waals surface area contributed by atoms with Crippen LogP contribution in [-0.2, 0) is 0 Å². The molecule has 3 N–H and O–H groups in total. The van der Waals surface area contributed by atoms with Crippen molar-refractivity contribution < 1.29 is 0 Å². The zero-order valence-corrected chi connectivity index (χ0v) is 10.6. The first-order valence-electron chi connectivity index (χ1n) is 6.99. The first-order chi connectivity index (χ1) is 7.83. The van der Waals surface area contributed by atoms with Gasteiger partial charge in [-0.05, 0) is 57.3 Å². The molecule has 1 heterocycles. The van der Waals surface area contributed by atoms with Crippen molar-refractivity contribution in [3.05, 3.63) is 0 Å². The molecule has 1 aliphatic carbocycles. The Morgan fingerprint density at radius 2 is 2.19 bits per heavy atom. The molecule has 1 saturated heterocycles. The van der Waals surface area contributed by atoms with E-state index in [2.05, 4.69) is 17.1 Å². The van der Waals surface area contributed by atoms with Gasteiger partial charge in [0.05, 0.1) is 0 Å². The highest BCUT2D eigenvalue weighted by Gasteiger charge is 2.28. The maximum atomic E-state index is 5.93. The van der Waals surface area contributed by atoms with Gasteiger partial charge in [0.2, 0.25) is 0 Å². The molecule has 0 bridgehead atoms. The van der Waals surface area contributed by atoms with E-state index in [1.54, 1.807) is 0 Å². The smallest absolute Gasteiger partial charge is 0.00672 e. The Morgan fingerprint density at radius 3 is 2.69 bits per heavy atom. The van der Waals surface area contributed by atoms with E-state index < -0.39 is 0 Å². The molecule has 1 aliphatic heterocycles. The average Bonchev–Trinajstić information content (AvgIpc) is 2.70. The summed E-state index contributed by atoms with van der Waals surface area (Å²) in [6.45, 7) is 7.99. The minimum Gasteiger partial charge on any atom is -0.330 e. The summed E-state index contributed by atoms with van der Waals surface area (Å²) in [5, 5.41) is 3.68. The minimum absolute atomic E-state index is 0.692. The molecule has 0 aromatic rings. The van der Waals surface area contributed by atoms with Gasteiger partial charge >= 0.3 is 0 Å². The minimum atomic E-state index is 0.692. The molecule has 3 nitrogen and oxygen atoms in total. The lowest BCUT2D eigenvalue weighted by atomic mass is 9.89. The molecule has 2 atom stereocenters. The fourth-order valence-electron chi connectivity index (χ4n) is 2.91. The molecule has 0 amide bonds. The number of nitrogens with zero attached hydrogens (tertiary/aromatic N) is 1. The Morgan fingerprint density at radius 1 is 1.38 bits per heavy atom. The normalized spacial score (nSPS) is 29.2. The zero-order valence-electron chi connectivity index (χ0n) is 10.6. The highest BCUT2D eigenvalue weighted by atomic mass is 15.1. The molecule has 0 radical (unpaired) electrons. The van der Waals surface area contributed by atoms with Gasteiger partial charge in [0.1, 0.15) is 0 Å². The largest absolute Gasteiger partial charge is 0.330 e. The van der Waals surface area contributed by atoms with E-state index in [4.69, 9.17) is 5.73 Å². The second-order valence-electron chi connectivity index (χ2n) is 5.47. The molecule has 2 rings (SSSR count). The third kappa shape index (κ3) is 2.96. The highest BCUT2D eigenvalue weighted by molar-refractivity contribution is 4.84. The van der Waals surface area contributed by atoms with Gasteiger partial charge in [0.15, 0.2) is 0 Å². The van der Waals surface area contributed by atoms with Gasteiger partial charge in [-0.2, -0.15) is 0 Å². The molecule has 1 saturated carbocycles. The van der Waals surface area contributed by atoms with Crippen molar-refractivity contribution in [1.29, 1.82) is 0 Å². The average molecular weight is 225 g/mol. The van der Waals surface area contributed by atoms with Crippen LogP contribution in [0.3, 0.4) is 0 Å². The van der Waals surface area contributed by atoms with Crippen molar-refractivity contribution in [3.63, 3.8) is 0 Å². The van der Waals surface area contributed by atoms with Crippen LogP contribution in [0, 0.1) is 11.8 Å².